The van der Waals surface area contributed by atoms with Gasteiger partial charge >= 0.3 is 0 Å². The van der Waals surface area contributed by atoms with E-state index >= 15 is 0 Å². The SMILES string of the molecule is CC1CC(C)CN(CCCNC(=O)c2ccc3c(c2)CCO3)C1. The third-order valence-corrected chi connectivity index (χ3v) is 4.83. The average Bonchev–Trinajstić information content (AvgIpc) is 2.98. The highest BCUT2D eigenvalue weighted by molar-refractivity contribution is 5.94. The maximum Gasteiger partial charge on any atom is 0.251 e. The molecule has 0 bridgehead atoms. The summed E-state index contributed by atoms with van der Waals surface area (Å²) in [5.41, 5.74) is 1.89. The lowest BCUT2D eigenvalue weighted by Gasteiger charge is -2.34. The van der Waals surface area contributed by atoms with Crippen LogP contribution in [0.15, 0.2) is 18.2 Å². The van der Waals surface area contributed by atoms with Crippen molar-refractivity contribution in [2.45, 2.75) is 33.1 Å². The number of carbonyl (C=O) groups excluding carboxylic acids is 1. The Morgan fingerprint density at radius 3 is 2.87 bits per heavy atom. The molecule has 4 nitrogen and oxygen atoms in total. The summed E-state index contributed by atoms with van der Waals surface area (Å²) in [5.74, 6) is 2.54. The summed E-state index contributed by atoms with van der Waals surface area (Å²) in [6.07, 6.45) is 3.26. The summed E-state index contributed by atoms with van der Waals surface area (Å²) >= 11 is 0. The van der Waals surface area contributed by atoms with Gasteiger partial charge in [0.2, 0.25) is 0 Å². The molecule has 2 heterocycles. The Balaban J connectivity index is 1.41. The first-order valence-corrected chi connectivity index (χ1v) is 8.88. The van der Waals surface area contributed by atoms with Gasteiger partial charge in [0.1, 0.15) is 5.75 Å². The zero-order valence-corrected chi connectivity index (χ0v) is 14.3. The standard InChI is InChI=1S/C19H28N2O2/c1-14-10-15(2)13-21(12-14)8-3-7-20-19(22)17-4-5-18-16(11-17)6-9-23-18/h4-5,11,14-15H,3,6-10,12-13H2,1-2H3,(H,20,22). The molecule has 1 aromatic carbocycles. The molecule has 0 aliphatic carbocycles. The topological polar surface area (TPSA) is 41.6 Å². The fourth-order valence-electron chi connectivity index (χ4n) is 3.91. The molecule has 0 aromatic heterocycles. The number of hydrogen-bond acceptors (Lipinski definition) is 3. The van der Waals surface area contributed by atoms with Crippen LogP contribution in [0.2, 0.25) is 0 Å². The summed E-state index contributed by atoms with van der Waals surface area (Å²) < 4.78 is 5.48. The van der Waals surface area contributed by atoms with Gasteiger partial charge in [0.05, 0.1) is 6.61 Å². The quantitative estimate of drug-likeness (QED) is 0.849. The lowest BCUT2D eigenvalue weighted by Crippen LogP contribution is -2.40. The number of nitrogens with zero attached hydrogens (tertiary/aromatic N) is 1. The molecule has 1 aromatic rings. The Labute approximate surface area is 139 Å². The molecule has 2 aliphatic heterocycles. The van der Waals surface area contributed by atoms with Gasteiger partial charge in [-0.05, 0) is 55.0 Å². The van der Waals surface area contributed by atoms with Crippen LogP contribution in [0.1, 0.15) is 42.6 Å². The Bertz CT molecular complexity index is 548. The molecule has 3 rings (SSSR count). The summed E-state index contributed by atoms with van der Waals surface area (Å²) in [4.78, 5) is 14.8. The molecule has 2 atom stereocenters. The maximum absolute atomic E-state index is 12.2. The van der Waals surface area contributed by atoms with Crippen molar-refractivity contribution < 1.29 is 9.53 Å². The highest BCUT2D eigenvalue weighted by Gasteiger charge is 2.21. The molecule has 4 heteroatoms. The normalized spacial score (nSPS) is 24.1. The number of benzene rings is 1. The molecule has 0 saturated carbocycles. The van der Waals surface area contributed by atoms with Crippen molar-refractivity contribution in [2.24, 2.45) is 11.8 Å². The Hall–Kier alpha value is -1.55. The second kappa shape index (κ2) is 7.35. The lowest BCUT2D eigenvalue weighted by molar-refractivity contribution is 0.0947. The summed E-state index contributed by atoms with van der Waals surface area (Å²) in [5, 5.41) is 3.05. The highest BCUT2D eigenvalue weighted by atomic mass is 16.5. The number of rotatable bonds is 5. The second-order valence-corrected chi connectivity index (χ2v) is 7.24. The first kappa shape index (κ1) is 16.3. The summed E-state index contributed by atoms with van der Waals surface area (Å²) in [6, 6.07) is 5.73. The van der Waals surface area contributed by atoms with Crippen molar-refractivity contribution in [3.63, 3.8) is 0 Å². The number of fused-ring (bicyclic) bond motifs is 1. The smallest absolute Gasteiger partial charge is 0.251 e. The molecule has 1 N–H and O–H groups in total. The van der Waals surface area contributed by atoms with Crippen molar-refractivity contribution >= 4 is 5.91 Å². The van der Waals surface area contributed by atoms with Crippen molar-refractivity contribution in [1.29, 1.82) is 0 Å². The van der Waals surface area contributed by atoms with Crippen LogP contribution in [0.25, 0.3) is 0 Å². The van der Waals surface area contributed by atoms with Crippen LogP contribution in [0.4, 0.5) is 0 Å². The van der Waals surface area contributed by atoms with E-state index in [1.54, 1.807) is 0 Å². The highest BCUT2D eigenvalue weighted by Crippen LogP contribution is 2.25. The molecular formula is C19H28N2O2. The van der Waals surface area contributed by atoms with E-state index in [4.69, 9.17) is 4.74 Å². The van der Waals surface area contributed by atoms with Gasteiger partial charge in [0.15, 0.2) is 0 Å². The third kappa shape index (κ3) is 4.25. The monoisotopic (exact) mass is 316 g/mol. The van der Waals surface area contributed by atoms with Crippen molar-refractivity contribution in [3.8, 4) is 5.75 Å². The van der Waals surface area contributed by atoms with E-state index in [1.807, 2.05) is 18.2 Å². The number of likely N-dealkylation sites (tertiary alicyclic amines) is 1. The second-order valence-electron chi connectivity index (χ2n) is 7.24. The van der Waals surface area contributed by atoms with Crippen LogP contribution in [-0.4, -0.2) is 43.6 Å². The van der Waals surface area contributed by atoms with E-state index in [-0.39, 0.29) is 5.91 Å². The third-order valence-electron chi connectivity index (χ3n) is 4.83. The largest absolute Gasteiger partial charge is 0.493 e. The summed E-state index contributed by atoms with van der Waals surface area (Å²) in [6.45, 7) is 9.61. The number of hydrogen-bond donors (Lipinski definition) is 1. The molecule has 1 saturated heterocycles. The van der Waals surface area contributed by atoms with Crippen molar-refractivity contribution in [1.82, 2.24) is 10.2 Å². The summed E-state index contributed by atoms with van der Waals surface area (Å²) in [7, 11) is 0. The van der Waals surface area contributed by atoms with E-state index in [0.717, 1.165) is 61.3 Å². The first-order valence-electron chi connectivity index (χ1n) is 8.88. The zero-order valence-electron chi connectivity index (χ0n) is 14.3. The van der Waals surface area contributed by atoms with Crippen LogP contribution in [0, 0.1) is 11.8 Å². The number of piperidine rings is 1. The van der Waals surface area contributed by atoms with Gasteiger partial charge < -0.3 is 15.0 Å². The van der Waals surface area contributed by atoms with Gasteiger partial charge in [0, 0.05) is 31.6 Å². The predicted molar refractivity (Wildman–Crippen MR) is 92.0 cm³/mol. The van der Waals surface area contributed by atoms with Crippen molar-refractivity contribution in [3.05, 3.63) is 29.3 Å². The minimum Gasteiger partial charge on any atom is -0.493 e. The van der Waals surface area contributed by atoms with Crippen LogP contribution >= 0.6 is 0 Å². The fraction of sp³-hybridized carbons (Fsp3) is 0.632. The molecule has 2 unspecified atom stereocenters. The lowest BCUT2D eigenvalue weighted by atomic mass is 9.92. The minimum absolute atomic E-state index is 0.0279. The first-order chi connectivity index (χ1) is 11.1. The van der Waals surface area contributed by atoms with Crippen LogP contribution in [-0.2, 0) is 6.42 Å². The Morgan fingerprint density at radius 2 is 2.09 bits per heavy atom. The molecule has 0 radical (unpaired) electrons. The van der Waals surface area contributed by atoms with E-state index in [1.165, 1.54) is 19.5 Å². The van der Waals surface area contributed by atoms with Crippen LogP contribution in [0.5, 0.6) is 5.75 Å². The van der Waals surface area contributed by atoms with Gasteiger partial charge in [-0.3, -0.25) is 4.79 Å². The van der Waals surface area contributed by atoms with Gasteiger partial charge in [-0.2, -0.15) is 0 Å². The Kier molecular flexibility index (Phi) is 5.21. The van der Waals surface area contributed by atoms with E-state index in [9.17, 15) is 4.79 Å². The van der Waals surface area contributed by atoms with E-state index in [2.05, 4.69) is 24.1 Å². The molecule has 126 valence electrons. The predicted octanol–water partition coefficient (Wildman–Crippen LogP) is 2.72. The Morgan fingerprint density at radius 1 is 1.30 bits per heavy atom. The average molecular weight is 316 g/mol. The van der Waals surface area contributed by atoms with E-state index < -0.39 is 0 Å². The molecule has 1 amide bonds. The van der Waals surface area contributed by atoms with Crippen molar-refractivity contribution in [2.75, 3.05) is 32.8 Å². The molecular weight excluding hydrogens is 288 g/mol. The van der Waals surface area contributed by atoms with Gasteiger partial charge in [-0.25, -0.2) is 0 Å². The zero-order chi connectivity index (χ0) is 16.2. The van der Waals surface area contributed by atoms with Gasteiger partial charge in [0.25, 0.3) is 5.91 Å². The van der Waals surface area contributed by atoms with Crippen LogP contribution < -0.4 is 10.1 Å². The molecule has 0 spiro atoms. The number of amides is 1. The molecule has 1 fully saturated rings. The van der Waals surface area contributed by atoms with E-state index in [0.29, 0.717) is 0 Å². The molecule has 23 heavy (non-hydrogen) atoms. The number of nitrogens with one attached hydrogen (secondary N) is 1. The minimum atomic E-state index is 0.0279. The van der Waals surface area contributed by atoms with Crippen LogP contribution in [0.3, 0.4) is 0 Å². The van der Waals surface area contributed by atoms with Gasteiger partial charge in [-0.15, -0.1) is 0 Å². The number of ether oxygens (including phenoxy) is 1. The molecule has 2 aliphatic rings. The van der Waals surface area contributed by atoms with Gasteiger partial charge in [-0.1, -0.05) is 13.8 Å². The maximum atomic E-state index is 12.2. The fourth-order valence-corrected chi connectivity index (χ4v) is 3.91. The number of carbonyl (C=O) groups is 1.